The minimum atomic E-state index is -1.05. The number of halogens is 1. The van der Waals surface area contributed by atoms with Crippen molar-refractivity contribution in [2.45, 2.75) is 43.9 Å². The smallest absolute Gasteiger partial charge is 0.223 e. The average Bonchev–Trinajstić information content (AvgIpc) is 2.73. The van der Waals surface area contributed by atoms with Gasteiger partial charge in [0.2, 0.25) is 12.2 Å². The van der Waals surface area contributed by atoms with Gasteiger partial charge in [-0.1, -0.05) is 41.9 Å². The Labute approximate surface area is 173 Å². The Hall–Kier alpha value is -2.16. The third-order valence-corrected chi connectivity index (χ3v) is 5.13. The predicted molar refractivity (Wildman–Crippen MR) is 104 cm³/mol. The summed E-state index contributed by atoms with van der Waals surface area (Å²) in [7, 11) is 0. The summed E-state index contributed by atoms with van der Waals surface area (Å²) in [6, 6.07) is 15.4. The van der Waals surface area contributed by atoms with E-state index < -0.39 is 36.9 Å². The summed E-state index contributed by atoms with van der Waals surface area (Å²) in [4.78, 5) is 11.7. The molecule has 0 saturated carbocycles. The molecule has 0 spiro atoms. The van der Waals surface area contributed by atoms with Crippen molar-refractivity contribution in [1.29, 1.82) is 0 Å². The van der Waals surface area contributed by atoms with Crippen molar-refractivity contribution in [2.24, 2.45) is 0 Å². The lowest BCUT2D eigenvalue weighted by Crippen LogP contribution is -2.67. The molecule has 2 saturated heterocycles. The van der Waals surface area contributed by atoms with Gasteiger partial charge >= 0.3 is 0 Å². The first-order valence-corrected chi connectivity index (χ1v) is 9.74. The highest BCUT2D eigenvalue weighted by atomic mass is 35.5. The van der Waals surface area contributed by atoms with Gasteiger partial charge in [-0.3, -0.25) is 4.79 Å². The highest BCUT2D eigenvalue weighted by molar-refractivity contribution is 6.30. The number of hydrogen-bond acceptors (Lipinski definition) is 6. The number of benzene rings is 2. The van der Waals surface area contributed by atoms with Crippen molar-refractivity contribution in [1.82, 2.24) is 5.32 Å². The van der Waals surface area contributed by atoms with Crippen LogP contribution in [0, 0.1) is 0 Å². The number of amides is 1. The minimum absolute atomic E-state index is 0.217. The highest BCUT2D eigenvalue weighted by Crippen LogP contribution is 2.34. The molecule has 2 aliphatic rings. The second-order valence-electron chi connectivity index (χ2n) is 7.01. The molecule has 0 aliphatic carbocycles. The molecule has 2 N–H and O–H groups in total. The molecule has 2 aliphatic heterocycles. The van der Waals surface area contributed by atoms with Crippen LogP contribution in [-0.2, 0) is 19.0 Å². The number of aliphatic hydroxyl groups is 1. The second-order valence-corrected chi connectivity index (χ2v) is 7.44. The van der Waals surface area contributed by atoms with Crippen molar-refractivity contribution in [3.8, 4) is 5.75 Å². The fraction of sp³-hybridized carbons (Fsp3) is 0.381. The third-order valence-electron chi connectivity index (χ3n) is 4.87. The van der Waals surface area contributed by atoms with Crippen molar-refractivity contribution < 1.29 is 28.8 Å². The van der Waals surface area contributed by atoms with Gasteiger partial charge in [0, 0.05) is 17.5 Å². The van der Waals surface area contributed by atoms with Gasteiger partial charge in [-0.2, -0.15) is 0 Å². The van der Waals surface area contributed by atoms with Crippen LogP contribution in [0.2, 0.25) is 5.02 Å². The van der Waals surface area contributed by atoms with Crippen LogP contribution in [0.3, 0.4) is 0 Å². The van der Waals surface area contributed by atoms with Gasteiger partial charge in [0.1, 0.15) is 30.1 Å². The van der Waals surface area contributed by atoms with E-state index in [0.29, 0.717) is 10.8 Å². The molecule has 1 amide bonds. The summed E-state index contributed by atoms with van der Waals surface area (Å²) >= 11 is 5.91. The van der Waals surface area contributed by atoms with Crippen molar-refractivity contribution >= 4 is 17.5 Å². The highest BCUT2D eigenvalue weighted by Gasteiger charge is 2.50. The maximum Gasteiger partial charge on any atom is 0.223 e. The molecule has 8 heteroatoms. The van der Waals surface area contributed by atoms with E-state index in [1.807, 2.05) is 30.3 Å². The minimum Gasteiger partial charge on any atom is -0.463 e. The van der Waals surface area contributed by atoms with Crippen LogP contribution in [0.1, 0.15) is 18.8 Å². The summed E-state index contributed by atoms with van der Waals surface area (Å²) < 4.78 is 23.7. The van der Waals surface area contributed by atoms with Gasteiger partial charge in [0.25, 0.3) is 0 Å². The quantitative estimate of drug-likeness (QED) is 0.791. The average molecular weight is 420 g/mol. The number of carbonyl (C=O) groups is 1. The molecule has 29 heavy (non-hydrogen) atoms. The van der Waals surface area contributed by atoms with Crippen LogP contribution in [0.5, 0.6) is 5.75 Å². The van der Waals surface area contributed by atoms with Crippen LogP contribution in [0.4, 0.5) is 0 Å². The van der Waals surface area contributed by atoms with E-state index in [0.717, 1.165) is 5.56 Å². The molecular formula is C21H22ClNO6. The maximum atomic E-state index is 11.7. The van der Waals surface area contributed by atoms with E-state index >= 15 is 0 Å². The molecule has 0 aromatic heterocycles. The number of rotatable bonds is 4. The normalized spacial score (nSPS) is 31.6. The van der Waals surface area contributed by atoms with Crippen molar-refractivity contribution in [3.05, 3.63) is 65.2 Å². The maximum absolute atomic E-state index is 11.7. The molecular weight excluding hydrogens is 398 g/mol. The standard InChI is InChI=1S/C21H22ClNO6/c1-12(24)23-17-18(25)19-16(11-26-20(29-19)13-5-3-2-4-6-13)28-21(17)27-15-9-7-14(22)8-10-15/h2-10,16-21,25H,11H2,1H3,(H,23,24)/t16-,17+,18+,19-,20+,21-/m1/s1. The predicted octanol–water partition coefficient (Wildman–Crippen LogP) is 2.42. The SMILES string of the molecule is CC(=O)N[C@@H]1[C@H](Oc2ccc(Cl)cc2)O[C@@H]2CO[C@H](c3ccccc3)O[C@H]2[C@H]1O. The lowest BCUT2D eigenvalue weighted by Gasteiger charge is -2.47. The zero-order valence-corrected chi connectivity index (χ0v) is 16.5. The fourth-order valence-corrected chi connectivity index (χ4v) is 3.63. The van der Waals surface area contributed by atoms with Gasteiger partial charge in [0.05, 0.1) is 6.61 Å². The Morgan fingerprint density at radius 1 is 1.14 bits per heavy atom. The van der Waals surface area contributed by atoms with Crippen molar-refractivity contribution in [2.75, 3.05) is 6.61 Å². The molecule has 0 unspecified atom stereocenters. The van der Waals surface area contributed by atoms with Gasteiger partial charge in [-0.05, 0) is 24.3 Å². The summed E-state index contributed by atoms with van der Waals surface area (Å²) in [5.74, 6) is 0.188. The molecule has 2 aromatic carbocycles. The summed E-state index contributed by atoms with van der Waals surface area (Å²) in [5.41, 5.74) is 0.841. The molecule has 0 radical (unpaired) electrons. The lowest BCUT2D eigenvalue weighted by molar-refractivity contribution is -0.333. The Bertz CT molecular complexity index is 833. The van der Waals surface area contributed by atoms with E-state index in [1.165, 1.54) is 6.92 Å². The first-order chi connectivity index (χ1) is 14.0. The van der Waals surface area contributed by atoms with Crippen LogP contribution in [0.15, 0.2) is 54.6 Å². The summed E-state index contributed by atoms with van der Waals surface area (Å²) in [6.45, 7) is 1.59. The van der Waals surface area contributed by atoms with Gasteiger partial charge in [-0.15, -0.1) is 0 Å². The number of hydrogen-bond donors (Lipinski definition) is 2. The fourth-order valence-electron chi connectivity index (χ4n) is 3.51. The van der Waals surface area contributed by atoms with Crippen LogP contribution >= 0.6 is 11.6 Å². The van der Waals surface area contributed by atoms with E-state index in [4.69, 9.17) is 30.5 Å². The lowest BCUT2D eigenvalue weighted by atomic mass is 9.95. The molecule has 6 atom stereocenters. The molecule has 4 rings (SSSR count). The zero-order valence-electron chi connectivity index (χ0n) is 15.7. The Kier molecular flexibility index (Phi) is 6.03. The van der Waals surface area contributed by atoms with Crippen LogP contribution in [0.25, 0.3) is 0 Å². The summed E-state index contributed by atoms with van der Waals surface area (Å²) in [5, 5.41) is 14.3. The van der Waals surface area contributed by atoms with E-state index in [-0.39, 0.29) is 12.5 Å². The second kappa shape index (κ2) is 8.69. The third kappa shape index (κ3) is 4.55. The number of nitrogens with one attached hydrogen (secondary N) is 1. The van der Waals surface area contributed by atoms with Gasteiger partial charge < -0.3 is 29.4 Å². The first-order valence-electron chi connectivity index (χ1n) is 9.36. The summed E-state index contributed by atoms with van der Waals surface area (Å²) in [6.07, 6.45) is -3.83. The Balaban J connectivity index is 1.53. The number of fused-ring (bicyclic) bond motifs is 1. The Morgan fingerprint density at radius 2 is 1.86 bits per heavy atom. The molecule has 7 nitrogen and oxygen atoms in total. The molecule has 154 valence electrons. The van der Waals surface area contributed by atoms with E-state index in [1.54, 1.807) is 24.3 Å². The first kappa shape index (κ1) is 20.1. The number of aliphatic hydroxyl groups excluding tert-OH is 1. The van der Waals surface area contributed by atoms with E-state index in [9.17, 15) is 9.90 Å². The monoisotopic (exact) mass is 419 g/mol. The van der Waals surface area contributed by atoms with E-state index in [2.05, 4.69) is 5.32 Å². The van der Waals surface area contributed by atoms with Gasteiger partial charge in [-0.25, -0.2) is 0 Å². The Morgan fingerprint density at radius 3 is 2.55 bits per heavy atom. The van der Waals surface area contributed by atoms with Crippen LogP contribution in [-0.4, -0.2) is 48.3 Å². The zero-order chi connectivity index (χ0) is 20.4. The topological polar surface area (TPSA) is 86.3 Å². The number of carbonyl (C=O) groups excluding carboxylic acids is 1. The molecule has 2 fully saturated rings. The molecule has 2 heterocycles. The molecule has 0 bridgehead atoms. The largest absolute Gasteiger partial charge is 0.463 e. The molecule has 2 aromatic rings. The van der Waals surface area contributed by atoms with Gasteiger partial charge in [0.15, 0.2) is 6.29 Å². The number of ether oxygens (including phenoxy) is 4. The van der Waals surface area contributed by atoms with Crippen molar-refractivity contribution in [3.63, 3.8) is 0 Å². The van der Waals surface area contributed by atoms with Crippen LogP contribution < -0.4 is 10.1 Å².